The first kappa shape index (κ1) is 22.7. The Hall–Kier alpha value is -4.11. The molecule has 2 N–H and O–H groups in total. The van der Waals surface area contributed by atoms with Crippen LogP contribution in [0.25, 0.3) is 0 Å². The van der Waals surface area contributed by atoms with Crippen molar-refractivity contribution in [2.24, 2.45) is 4.99 Å². The van der Waals surface area contributed by atoms with Gasteiger partial charge in [0.25, 0.3) is 11.8 Å². The van der Waals surface area contributed by atoms with Crippen molar-refractivity contribution < 1.29 is 29.0 Å². The normalized spacial score (nSPS) is 18.6. The molecule has 0 saturated heterocycles. The highest BCUT2D eigenvalue weighted by molar-refractivity contribution is 7.14. The Bertz CT molecular complexity index is 1340. The number of carboxylic acid groups (broad SMARTS) is 1. The second kappa shape index (κ2) is 9.27. The molecule has 2 aromatic carbocycles. The Kier molecular flexibility index (Phi) is 6.00. The molecule has 5 rings (SSSR count). The van der Waals surface area contributed by atoms with Crippen LogP contribution in [0.2, 0.25) is 0 Å². The third kappa shape index (κ3) is 4.04. The Morgan fingerprint density at radius 2 is 1.77 bits per heavy atom. The molecule has 35 heavy (non-hydrogen) atoms. The molecule has 2 aliphatic rings. The number of rotatable bonds is 7. The second-order valence-electron chi connectivity index (χ2n) is 8.10. The minimum absolute atomic E-state index is 0.0706. The van der Waals surface area contributed by atoms with Crippen LogP contribution in [0.15, 0.2) is 59.6 Å². The maximum atomic E-state index is 12.8. The molecule has 1 unspecified atom stereocenters. The number of thiophene rings is 1. The average Bonchev–Trinajstić information content (AvgIpc) is 3.36. The van der Waals surface area contributed by atoms with Crippen molar-refractivity contribution in [1.29, 1.82) is 0 Å². The lowest BCUT2D eigenvalue weighted by atomic mass is 9.92. The molecular weight excluding hydrogens is 470 g/mol. The van der Waals surface area contributed by atoms with Crippen molar-refractivity contribution in [2.45, 2.75) is 25.2 Å². The summed E-state index contributed by atoms with van der Waals surface area (Å²) in [6.07, 6.45) is 1.52. The lowest BCUT2D eigenvalue weighted by molar-refractivity contribution is 0.0624. The van der Waals surface area contributed by atoms with E-state index in [0.717, 1.165) is 10.5 Å². The van der Waals surface area contributed by atoms with Gasteiger partial charge in [-0.1, -0.05) is 42.5 Å². The van der Waals surface area contributed by atoms with E-state index in [9.17, 15) is 24.3 Å². The molecule has 0 saturated carbocycles. The summed E-state index contributed by atoms with van der Waals surface area (Å²) in [5, 5.41) is 13.4. The van der Waals surface area contributed by atoms with E-state index in [0.29, 0.717) is 21.6 Å². The number of fused-ring (bicyclic) bond motifs is 2. The number of aromatic carboxylic acids is 1. The summed E-state index contributed by atoms with van der Waals surface area (Å²) in [6.45, 7) is 0.360. The summed E-state index contributed by atoms with van der Waals surface area (Å²) >= 11 is 1.17. The van der Waals surface area contributed by atoms with Crippen molar-refractivity contribution in [3.05, 3.63) is 87.3 Å². The van der Waals surface area contributed by atoms with Gasteiger partial charge in [-0.2, -0.15) is 4.99 Å². The molecular formula is C25H19N3O6S. The summed E-state index contributed by atoms with van der Waals surface area (Å²) < 4.78 is 5.86. The zero-order chi connectivity index (χ0) is 24.5. The van der Waals surface area contributed by atoms with Gasteiger partial charge in [0.2, 0.25) is 6.08 Å². The molecule has 9 nitrogen and oxygen atoms in total. The van der Waals surface area contributed by atoms with Crippen molar-refractivity contribution in [3.8, 4) is 5.06 Å². The SMILES string of the molecule is O=C=NC1c2c(sc(OCc3ccccc3)c2C(=O)O)CN[C@H]1CN1C(=O)c2ccccc2C1=O. The first-order valence-corrected chi connectivity index (χ1v) is 11.6. The van der Waals surface area contributed by atoms with E-state index in [2.05, 4.69) is 10.3 Å². The second-order valence-corrected chi connectivity index (χ2v) is 9.17. The highest BCUT2D eigenvalue weighted by Gasteiger charge is 2.42. The van der Waals surface area contributed by atoms with Gasteiger partial charge < -0.3 is 15.2 Å². The predicted octanol–water partition coefficient (Wildman–Crippen LogP) is 3.17. The fourth-order valence-corrected chi connectivity index (χ4v) is 5.58. The van der Waals surface area contributed by atoms with Crippen molar-refractivity contribution in [3.63, 3.8) is 0 Å². The molecule has 0 aliphatic carbocycles. The van der Waals surface area contributed by atoms with E-state index in [-0.39, 0.29) is 30.3 Å². The monoisotopic (exact) mass is 489 g/mol. The first-order valence-electron chi connectivity index (χ1n) is 10.8. The predicted molar refractivity (Wildman–Crippen MR) is 125 cm³/mol. The van der Waals surface area contributed by atoms with Crippen molar-refractivity contribution >= 4 is 35.2 Å². The summed E-state index contributed by atoms with van der Waals surface area (Å²) in [7, 11) is 0. The number of hydrogen-bond donors (Lipinski definition) is 2. The molecule has 0 spiro atoms. The fourth-order valence-electron chi connectivity index (χ4n) is 4.45. The summed E-state index contributed by atoms with van der Waals surface area (Å²) in [4.78, 5) is 54.9. The zero-order valence-corrected chi connectivity index (χ0v) is 19.1. The summed E-state index contributed by atoms with van der Waals surface area (Å²) in [5.74, 6) is -2.09. The highest BCUT2D eigenvalue weighted by Crippen LogP contribution is 2.44. The molecule has 176 valence electrons. The number of nitrogens with zero attached hydrogens (tertiary/aromatic N) is 2. The van der Waals surface area contributed by atoms with Crippen LogP contribution in [0, 0.1) is 0 Å². The highest BCUT2D eigenvalue weighted by atomic mass is 32.1. The molecule has 0 radical (unpaired) electrons. The van der Waals surface area contributed by atoms with Crippen molar-refractivity contribution in [1.82, 2.24) is 10.2 Å². The molecule has 2 aliphatic heterocycles. The number of amides is 2. The van der Waals surface area contributed by atoms with E-state index in [1.807, 2.05) is 30.3 Å². The van der Waals surface area contributed by atoms with E-state index in [1.165, 1.54) is 17.4 Å². The molecule has 0 bridgehead atoms. The fraction of sp³-hybridized carbons (Fsp3) is 0.200. The topological polar surface area (TPSA) is 125 Å². The van der Waals surface area contributed by atoms with Gasteiger partial charge in [0, 0.05) is 23.5 Å². The molecule has 3 heterocycles. The maximum Gasteiger partial charge on any atom is 0.340 e. The van der Waals surface area contributed by atoms with Gasteiger partial charge in [0.15, 0.2) is 5.06 Å². The van der Waals surface area contributed by atoms with E-state index < -0.39 is 29.9 Å². The smallest absolute Gasteiger partial charge is 0.340 e. The Morgan fingerprint density at radius 3 is 2.40 bits per heavy atom. The number of isocyanates is 1. The van der Waals surface area contributed by atoms with Crippen molar-refractivity contribution in [2.75, 3.05) is 6.54 Å². The van der Waals surface area contributed by atoms with Crippen LogP contribution < -0.4 is 10.1 Å². The number of nitrogens with one attached hydrogen (secondary N) is 1. The van der Waals surface area contributed by atoms with Gasteiger partial charge in [-0.25, -0.2) is 9.59 Å². The van der Waals surface area contributed by atoms with E-state index in [1.54, 1.807) is 24.3 Å². The largest absolute Gasteiger partial charge is 0.478 e. The summed E-state index contributed by atoms with van der Waals surface area (Å²) in [5.41, 5.74) is 1.76. The number of aliphatic imine (C=N–C) groups is 1. The minimum Gasteiger partial charge on any atom is -0.478 e. The van der Waals surface area contributed by atoms with Crippen LogP contribution in [0.5, 0.6) is 5.06 Å². The molecule has 2 atom stereocenters. The Morgan fingerprint density at radius 1 is 1.11 bits per heavy atom. The molecule has 0 fully saturated rings. The van der Waals surface area contributed by atoms with Gasteiger partial charge in [-0.05, 0) is 17.7 Å². The number of carbonyl (C=O) groups excluding carboxylic acids is 3. The van der Waals surface area contributed by atoms with Gasteiger partial charge in [-0.3, -0.25) is 14.5 Å². The van der Waals surface area contributed by atoms with Crippen LogP contribution in [-0.2, 0) is 17.9 Å². The van der Waals surface area contributed by atoms with Gasteiger partial charge in [0.05, 0.1) is 17.2 Å². The maximum absolute atomic E-state index is 12.8. The number of ether oxygens (including phenoxy) is 1. The molecule has 1 aromatic heterocycles. The van der Waals surface area contributed by atoms with Crippen LogP contribution in [0.3, 0.4) is 0 Å². The zero-order valence-electron chi connectivity index (χ0n) is 18.3. The Labute approximate surface area is 203 Å². The van der Waals surface area contributed by atoms with Crippen LogP contribution >= 0.6 is 11.3 Å². The number of carboxylic acids is 1. The quantitative estimate of drug-likeness (QED) is 0.297. The number of benzene rings is 2. The van der Waals surface area contributed by atoms with Gasteiger partial charge >= 0.3 is 5.97 Å². The molecule has 2 amide bonds. The Balaban J connectivity index is 1.46. The third-order valence-electron chi connectivity index (χ3n) is 6.07. The lowest BCUT2D eigenvalue weighted by Gasteiger charge is -2.32. The van der Waals surface area contributed by atoms with Gasteiger partial charge in [0.1, 0.15) is 18.2 Å². The number of imide groups is 1. The number of hydrogen-bond acceptors (Lipinski definition) is 8. The number of carbonyl (C=O) groups is 3. The average molecular weight is 490 g/mol. The van der Waals surface area contributed by atoms with Crippen LogP contribution in [-0.4, -0.2) is 46.5 Å². The lowest BCUT2D eigenvalue weighted by Crippen LogP contribution is -2.48. The van der Waals surface area contributed by atoms with E-state index in [4.69, 9.17) is 4.74 Å². The van der Waals surface area contributed by atoms with E-state index >= 15 is 0 Å². The standard InChI is InChI=1S/C25H19N3O6S/c29-13-27-21-17(11-28-22(30)15-8-4-5-9-16(15)23(28)31)26-10-18-19(21)20(24(32)33)25(35-18)34-12-14-6-2-1-3-7-14/h1-9,17,21,26H,10-12H2,(H,32,33)/t17-,21?/m0/s1. The minimum atomic E-state index is -1.21. The van der Waals surface area contributed by atoms with Crippen LogP contribution in [0.1, 0.15) is 53.1 Å². The molecule has 3 aromatic rings. The first-order chi connectivity index (χ1) is 17.0. The summed E-state index contributed by atoms with van der Waals surface area (Å²) in [6, 6.07) is 14.2. The molecule has 10 heteroatoms. The van der Waals surface area contributed by atoms with Gasteiger partial charge in [-0.15, -0.1) is 11.3 Å². The third-order valence-corrected chi connectivity index (χ3v) is 7.19. The van der Waals surface area contributed by atoms with Crippen LogP contribution in [0.4, 0.5) is 0 Å².